The summed E-state index contributed by atoms with van der Waals surface area (Å²) >= 11 is 0. The number of epoxide rings is 2. The molecule has 11 aromatic rings. The first-order valence-electron chi connectivity index (χ1n) is 37.5. The predicted octanol–water partition coefficient (Wildman–Crippen LogP) is 18.5. The van der Waals surface area contributed by atoms with Crippen molar-refractivity contribution in [2.75, 3.05) is 50.3 Å². The Hall–Kier alpha value is -11.5. The molecule has 0 saturated carbocycles. The summed E-state index contributed by atoms with van der Waals surface area (Å²) in [6.45, 7) is 30.5. The number of pyridine rings is 2. The lowest BCUT2D eigenvalue weighted by atomic mass is 9.80. The second kappa shape index (κ2) is 27.9. The normalized spacial score (nSPS) is 16.2. The number of benzene rings is 9. The van der Waals surface area contributed by atoms with Crippen LogP contribution in [0.4, 0.5) is 11.6 Å². The smallest absolute Gasteiger partial charge is 0.262 e. The molecule has 2 saturated heterocycles. The average Bonchev–Trinajstić information content (AvgIpc) is 0.940. The molecule has 4 unspecified atom stereocenters. The lowest BCUT2D eigenvalue weighted by molar-refractivity contribution is -0.123. The van der Waals surface area contributed by atoms with E-state index in [1.165, 1.54) is 22.2 Å². The monoisotopic (exact) mass is 1480 g/mol. The number of carbonyl (C=O) groups excluding carboxylic acids is 6. The first-order chi connectivity index (χ1) is 52.3. The van der Waals surface area contributed by atoms with Gasteiger partial charge in [-0.1, -0.05) is 145 Å². The van der Waals surface area contributed by atoms with Crippen molar-refractivity contribution in [2.24, 2.45) is 0 Å². The number of imide groups is 2. The molecular weight excluding hydrogens is 1390 g/mol. The molecule has 0 aliphatic carbocycles. The third-order valence-electron chi connectivity index (χ3n) is 21.2. The Balaban J connectivity index is 1.04. The van der Waals surface area contributed by atoms with Crippen LogP contribution in [-0.4, -0.2) is 120 Å². The molecule has 0 radical (unpaired) electrons. The van der Waals surface area contributed by atoms with Gasteiger partial charge in [0, 0.05) is 81.7 Å². The van der Waals surface area contributed by atoms with E-state index in [9.17, 15) is 0 Å². The number of hydrogen-bond acceptors (Lipinski definition) is 16. The van der Waals surface area contributed by atoms with Crippen molar-refractivity contribution in [3.8, 4) is 57.5 Å². The van der Waals surface area contributed by atoms with Gasteiger partial charge in [-0.15, -0.1) is 0 Å². The topological polar surface area (TPSA) is 222 Å². The fourth-order valence-corrected chi connectivity index (χ4v) is 14.7. The summed E-state index contributed by atoms with van der Waals surface area (Å²) in [5.74, 6) is -1.30. The number of nitrogens with zero attached hydrogens (tertiary/aromatic N) is 6. The Kier molecular flexibility index (Phi) is 18.8. The molecule has 9 aromatic carbocycles. The van der Waals surface area contributed by atoms with Crippen molar-refractivity contribution >= 4 is 90.2 Å². The van der Waals surface area contributed by atoms with Crippen LogP contribution in [0, 0.1) is 0 Å². The first-order valence-corrected chi connectivity index (χ1v) is 37.5. The Morgan fingerprint density at radius 2 is 0.645 bits per heavy atom. The van der Waals surface area contributed by atoms with Crippen molar-refractivity contribution < 1.29 is 66.7 Å². The zero-order chi connectivity index (χ0) is 77.9. The van der Waals surface area contributed by atoms with E-state index in [0.717, 1.165) is 32.1 Å². The number of fused-ring (bicyclic) bond motifs is 2. The van der Waals surface area contributed by atoms with E-state index in [2.05, 4.69) is 93.1 Å². The van der Waals surface area contributed by atoms with Gasteiger partial charge in [-0.3, -0.25) is 48.4 Å². The molecule has 0 bridgehead atoms. The van der Waals surface area contributed by atoms with Crippen LogP contribution in [0.3, 0.4) is 0 Å². The minimum absolute atomic E-state index is 0.00443. The maximum absolute atomic E-state index is 16.5. The van der Waals surface area contributed by atoms with Crippen LogP contribution in [0.15, 0.2) is 158 Å². The van der Waals surface area contributed by atoms with E-state index in [-0.39, 0.29) is 125 Å². The Bertz CT molecular complexity index is 4940. The Morgan fingerprint density at radius 3 is 0.873 bits per heavy atom. The highest BCUT2D eigenvalue weighted by Crippen LogP contribution is 2.59. The lowest BCUT2D eigenvalue weighted by Crippen LogP contribution is -2.54. The SMILES string of the molecule is CCC(C(=O)N(C)c1cc(OCC2CO2)ccn1)N1C(=O)c2cc(Oc3ccc(C(C)(C)C)cc3)c3c4c(Oc5ccc(C(C)(C)C)cc5)cc5c6c(cc(Oc7ccc(C(C)(C)C)cc7)c(c7c(Oc8ccc(C(C)(C)C)cc8)cc(c2c37)C1=O)c64)C(=O)N(C(CC)C(=O)N(C)c1cc(OCC2CO2)ccn1)C5=O. The second-order valence-electron chi connectivity index (χ2n) is 33.0. The number of anilines is 2. The molecular formula is C90H90N6O14. The van der Waals surface area contributed by atoms with Crippen molar-refractivity contribution in [3.63, 3.8) is 0 Å². The van der Waals surface area contributed by atoms with Crippen LogP contribution in [-0.2, 0) is 40.7 Å². The standard InChI is InChI=1S/C90H90N6O14/c1-17-65(85(101)93(15)71-39-57(35-37-91-71)103-45-59-47-105-59)95-81(97)61-41-67(107-53-27-19-49(20-28-53)87(3,4)5)75-77-69(109-55-31-23-51(24-32-55)89(9,10)11)43-63-74-64(84(100)96(83(63)99)66(18-2)86(102)94(16)72-40-58(36-38-92-72)104-46-60-48-106-60)44-70(110-56-33-25-52(26-34-56)90(12,13)14)78(80(74)77)76-68(42-62(82(95)98)73(61)79(75)76)108-54-29-21-50(22-30-54)88(6,7)8/h19-44,59-60,65-66H,17-18,45-48H2,1-16H3. The van der Waals surface area contributed by atoms with E-state index in [0.29, 0.717) is 82.5 Å². The molecule has 4 aliphatic heterocycles. The van der Waals surface area contributed by atoms with Gasteiger partial charge in [0.1, 0.15) is 107 Å². The first kappa shape index (κ1) is 74.0. The highest BCUT2D eigenvalue weighted by Gasteiger charge is 2.47. The molecule has 4 atom stereocenters. The van der Waals surface area contributed by atoms with Crippen LogP contribution in [0.25, 0.3) is 43.1 Å². The highest BCUT2D eigenvalue weighted by atomic mass is 16.6. The van der Waals surface area contributed by atoms with E-state index in [1.807, 2.05) is 97.1 Å². The minimum Gasteiger partial charge on any atom is -0.491 e. The van der Waals surface area contributed by atoms with Crippen LogP contribution in [0.5, 0.6) is 57.5 Å². The Morgan fingerprint density at radius 1 is 0.391 bits per heavy atom. The number of aromatic nitrogens is 2. The zero-order valence-corrected chi connectivity index (χ0v) is 65.0. The maximum atomic E-state index is 16.5. The summed E-state index contributed by atoms with van der Waals surface area (Å²) in [7, 11) is 3.08. The van der Waals surface area contributed by atoms with Gasteiger partial charge in [0.25, 0.3) is 35.4 Å². The number of carbonyl (C=O) groups is 6. The number of rotatable bonds is 22. The fourth-order valence-electron chi connectivity index (χ4n) is 14.7. The average molecular weight is 1480 g/mol. The molecule has 20 nitrogen and oxygen atoms in total. The summed E-state index contributed by atoms with van der Waals surface area (Å²) in [6, 6.07) is 40.8. The molecule has 4 aliphatic rings. The van der Waals surface area contributed by atoms with E-state index in [4.69, 9.17) is 37.9 Å². The van der Waals surface area contributed by atoms with Crippen molar-refractivity contribution in [1.29, 1.82) is 0 Å². The molecule has 0 N–H and O–H groups in total. The van der Waals surface area contributed by atoms with Crippen LogP contribution >= 0.6 is 0 Å². The van der Waals surface area contributed by atoms with Crippen LogP contribution in [0.2, 0.25) is 0 Å². The summed E-state index contributed by atoms with van der Waals surface area (Å²) in [5.41, 5.74) is 2.98. The quantitative estimate of drug-likeness (QED) is 0.0266. The van der Waals surface area contributed by atoms with Crippen molar-refractivity contribution in [1.82, 2.24) is 19.8 Å². The minimum atomic E-state index is -1.40. The molecule has 2 fully saturated rings. The van der Waals surface area contributed by atoms with E-state index >= 15 is 28.8 Å². The second-order valence-corrected chi connectivity index (χ2v) is 33.0. The summed E-state index contributed by atoms with van der Waals surface area (Å²) in [6.07, 6.45) is 2.94. The number of hydrogen-bond donors (Lipinski definition) is 0. The van der Waals surface area contributed by atoms with E-state index < -0.39 is 47.5 Å². The summed E-state index contributed by atoms with van der Waals surface area (Å²) in [5, 5.41) is 2.10. The number of amides is 6. The summed E-state index contributed by atoms with van der Waals surface area (Å²) in [4.78, 5) is 111. The Labute approximate surface area is 639 Å². The van der Waals surface area contributed by atoms with Gasteiger partial charge < -0.3 is 37.9 Å². The lowest BCUT2D eigenvalue weighted by Gasteiger charge is -2.36. The van der Waals surface area contributed by atoms with Gasteiger partial charge in [-0.05, 0) is 142 Å². The van der Waals surface area contributed by atoms with Gasteiger partial charge in [-0.2, -0.15) is 0 Å². The van der Waals surface area contributed by atoms with Gasteiger partial charge >= 0.3 is 0 Å². The predicted molar refractivity (Wildman–Crippen MR) is 423 cm³/mol. The highest BCUT2D eigenvalue weighted by molar-refractivity contribution is 6.45. The maximum Gasteiger partial charge on any atom is 0.262 e. The third-order valence-corrected chi connectivity index (χ3v) is 21.2. The third kappa shape index (κ3) is 13.8. The molecule has 2 aromatic heterocycles. The summed E-state index contributed by atoms with van der Waals surface area (Å²) < 4.78 is 52.3. The molecule has 15 rings (SSSR count). The molecule has 20 heteroatoms. The number of likely N-dealkylation sites (N-methyl/N-ethyl adjacent to an activating group) is 2. The van der Waals surface area contributed by atoms with Gasteiger partial charge in [0.2, 0.25) is 0 Å². The molecule has 564 valence electrons. The number of ether oxygens (including phenoxy) is 8. The largest absolute Gasteiger partial charge is 0.491 e. The van der Waals surface area contributed by atoms with E-state index in [1.54, 1.807) is 76.5 Å². The molecule has 110 heavy (non-hydrogen) atoms. The molecule has 6 heterocycles. The van der Waals surface area contributed by atoms with Gasteiger partial charge in [0.05, 0.1) is 35.5 Å². The fraction of sp³-hybridized carbons (Fsp3) is 0.333. The zero-order valence-electron chi connectivity index (χ0n) is 65.0. The van der Waals surface area contributed by atoms with Crippen LogP contribution in [0.1, 0.15) is 173 Å². The molecule has 0 spiro atoms. The molecule has 6 amide bonds. The van der Waals surface area contributed by atoms with Gasteiger partial charge in [0.15, 0.2) is 0 Å². The van der Waals surface area contributed by atoms with Crippen molar-refractivity contribution in [3.05, 3.63) is 202 Å². The van der Waals surface area contributed by atoms with Crippen LogP contribution < -0.4 is 38.2 Å². The van der Waals surface area contributed by atoms with Gasteiger partial charge in [-0.25, -0.2) is 9.97 Å². The van der Waals surface area contributed by atoms with Crippen molar-refractivity contribution in [2.45, 2.75) is 156 Å².